The van der Waals surface area contributed by atoms with Crippen molar-refractivity contribution in [3.05, 3.63) is 35.0 Å². The van der Waals surface area contributed by atoms with E-state index < -0.39 is 23.3 Å². The zero-order valence-electron chi connectivity index (χ0n) is 9.21. The van der Waals surface area contributed by atoms with Crippen molar-refractivity contribution in [2.24, 2.45) is 0 Å². The van der Waals surface area contributed by atoms with Gasteiger partial charge < -0.3 is 4.98 Å². The van der Waals surface area contributed by atoms with E-state index in [1.807, 2.05) is 6.92 Å². The van der Waals surface area contributed by atoms with Gasteiger partial charge >= 0.3 is 0 Å². The Morgan fingerprint density at radius 3 is 2.29 bits per heavy atom. The van der Waals surface area contributed by atoms with Crippen molar-refractivity contribution in [2.45, 2.75) is 26.2 Å². The van der Waals surface area contributed by atoms with E-state index in [0.29, 0.717) is 12.1 Å². The summed E-state index contributed by atoms with van der Waals surface area (Å²) in [6.45, 7) is 1.98. The van der Waals surface area contributed by atoms with Crippen LogP contribution in [0.4, 0.5) is 17.6 Å². The third-order valence-electron chi connectivity index (χ3n) is 2.71. The lowest BCUT2D eigenvalue weighted by Crippen LogP contribution is -1.96. The third-order valence-corrected chi connectivity index (χ3v) is 2.71. The summed E-state index contributed by atoms with van der Waals surface area (Å²) >= 11 is 0. The van der Waals surface area contributed by atoms with Crippen molar-refractivity contribution < 1.29 is 17.6 Å². The van der Waals surface area contributed by atoms with Crippen molar-refractivity contribution in [3.63, 3.8) is 0 Å². The molecule has 17 heavy (non-hydrogen) atoms. The Morgan fingerprint density at radius 2 is 1.65 bits per heavy atom. The fraction of sp³-hybridized carbons (Fsp3) is 0.333. The predicted molar refractivity (Wildman–Crippen MR) is 56.7 cm³/mol. The minimum absolute atomic E-state index is 0.243. The Hall–Kier alpha value is -1.52. The second kappa shape index (κ2) is 4.39. The van der Waals surface area contributed by atoms with Gasteiger partial charge in [-0.1, -0.05) is 13.3 Å². The van der Waals surface area contributed by atoms with Crippen molar-refractivity contribution in [1.29, 1.82) is 0 Å². The summed E-state index contributed by atoms with van der Waals surface area (Å²) in [5.41, 5.74) is 0.261. The van der Waals surface area contributed by atoms with Crippen LogP contribution in [0, 0.1) is 23.3 Å². The Kier molecular flexibility index (Phi) is 3.09. The van der Waals surface area contributed by atoms with Gasteiger partial charge in [0.1, 0.15) is 0 Å². The maximum absolute atomic E-state index is 13.4. The molecule has 1 N–H and O–H groups in total. The quantitative estimate of drug-likeness (QED) is 0.476. The molecule has 2 aromatic rings. The number of rotatable bonds is 3. The monoisotopic (exact) mass is 245 g/mol. The van der Waals surface area contributed by atoms with E-state index in [4.69, 9.17) is 0 Å². The molecule has 2 rings (SSSR count). The number of aryl methyl sites for hydroxylation is 1. The zero-order chi connectivity index (χ0) is 12.6. The van der Waals surface area contributed by atoms with Gasteiger partial charge in [0.2, 0.25) is 0 Å². The highest BCUT2D eigenvalue weighted by Gasteiger charge is 2.21. The Bertz CT molecular complexity index is 514. The maximum atomic E-state index is 13.4. The molecule has 0 saturated carbocycles. The van der Waals surface area contributed by atoms with Gasteiger partial charge in [0.05, 0.1) is 5.52 Å². The van der Waals surface area contributed by atoms with Crippen LogP contribution in [0.3, 0.4) is 0 Å². The van der Waals surface area contributed by atoms with E-state index in [2.05, 4.69) is 4.98 Å². The molecule has 0 unspecified atom stereocenters. The van der Waals surface area contributed by atoms with Crippen molar-refractivity contribution in [1.82, 2.24) is 4.98 Å². The van der Waals surface area contributed by atoms with Crippen LogP contribution in [0.25, 0.3) is 10.9 Å². The average Bonchev–Trinajstić information content (AvgIpc) is 2.75. The minimum atomic E-state index is -1.78. The fourth-order valence-electron chi connectivity index (χ4n) is 1.78. The van der Waals surface area contributed by atoms with Gasteiger partial charge in [-0.3, -0.25) is 0 Å². The number of aromatic amines is 1. The van der Waals surface area contributed by atoms with Crippen molar-refractivity contribution >= 4 is 10.9 Å². The Labute approximate surface area is 95.4 Å². The molecule has 0 spiro atoms. The van der Waals surface area contributed by atoms with E-state index in [1.54, 1.807) is 0 Å². The maximum Gasteiger partial charge on any atom is 0.199 e. The highest BCUT2D eigenvalue weighted by Crippen LogP contribution is 2.27. The molecule has 0 amide bonds. The molecule has 0 radical (unpaired) electrons. The van der Waals surface area contributed by atoms with Crippen molar-refractivity contribution in [3.8, 4) is 0 Å². The van der Waals surface area contributed by atoms with Crippen LogP contribution in [0.1, 0.15) is 25.5 Å². The van der Waals surface area contributed by atoms with Gasteiger partial charge in [-0.25, -0.2) is 17.6 Å². The molecule has 92 valence electrons. The lowest BCUT2D eigenvalue weighted by Gasteiger charge is -1.99. The SMILES string of the molecule is CCCCc1cc2c(F)c(F)c(F)c(F)c2[nH]1. The van der Waals surface area contributed by atoms with Crippen LogP contribution >= 0.6 is 0 Å². The summed E-state index contributed by atoms with van der Waals surface area (Å²) < 4.78 is 52.7. The Balaban J connectivity index is 2.60. The molecular weight excluding hydrogens is 234 g/mol. The number of halogens is 4. The number of nitrogens with one attached hydrogen (secondary N) is 1. The number of fused-ring (bicyclic) bond motifs is 1. The molecule has 5 heteroatoms. The lowest BCUT2D eigenvalue weighted by atomic mass is 10.2. The van der Waals surface area contributed by atoms with Crippen LogP contribution in [-0.4, -0.2) is 4.98 Å². The number of aromatic nitrogens is 1. The van der Waals surface area contributed by atoms with Crippen LogP contribution in [-0.2, 0) is 6.42 Å². The van der Waals surface area contributed by atoms with E-state index in [9.17, 15) is 17.6 Å². The fourth-order valence-corrected chi connectivity index (χ4v) is 1.78. The highest BCUT2D eigenvalue weighted by molar-refractivity contribution is 5.82. The minimum Gasteiger partial charge on any atom is -0.356 e. The third kappa shape index (κ3) is 1.90. The molecule has 1 heterocycles. The second-order valence-corrected chi connectivity index (χ2v) is 3.94. The molecule has 0 atom stereocenters. The molecular formula is C12H11F4N. The van der Waals surface area contributed by atoms with E-state index in [1.165, 1.54) is 6.07 Å². The number of H-pyrrole nitrogens is 1. The number of benzene rings is 1. The molecule has 0 saturated heterocycles. The van der Waals surface area contributed by atoms with Gasteiger partial charge in [0.25, 0.3) is 0 Å². The molecule has 0 aliphatic rings. The standard InChI is InChI=1S/C12H11F4N/c1-2-3-4-6-5-7-8(13)9(14)10(15)11(16)12(7)17-6/h5,17H,2-4H2,1H3. The molecule has 1 aromatic carbocycles. The molecule has 1 nitrogen and oxygen atoms in total. The molecule has 0 fully saturated rings. The van der Waals surface area contributed by atoms with E-state index >= 15 is 0 Å². The molecule has 0 aliphatic heterocycles. The van der Waals surface area contributed by atoms with Crippen LogP contribution in [0.15, 0.2) is 6.07 Å². The summed E-state index contributed by atoms with van der Waals surface area (Å²) in [6.07, 6.45) is 2.34. The largest absolute Gasteiger partial charge is 0.356 e. The normalized spacial score (nSPS) is 11.4. The van der Waals surface area contributed by atoms with Crippen LogP contribution < -0.4 is 0 Å². The number of hydrogen-bond acceptors (Lipinski definition) is 0. The lowest BCUT2D eigenvalue weighted by molar-refractivity contribution is 0.417. The summed E-state index contributed by atoms with van der Waals surface area (Å²) in [7, 11) is 0. The van der Waals surface area contributed by atoms with Crippen LogP contribution in [0.2, 0.25) is 0 Å². The van der Waals surface area contributed by atoms with Gasteiger partial charge in [-0.05, 0) is 18.9 Å². The summed E-state index contributed by atoms with van der Waals surface area (Å²) in [5, 5.41) is -0.243. The topological polar surface area (TPSA) is 15.8 Å². The van der Waals surface area contributed by atoms with Gasteiger partial charge in [-0.2, -0.15) is 0 Å². The first-order chi connectivity index (χ1) is 8.06. The first-order valence-electron chi connectivity index (χ1n) is 5.39. The first-order valence-corrected chi connectivity index (χ1v) is 5.39. The van der Waals surface area contributed by atoms with Crippen molar-refractivity contribution in [2.75, 3.05) is 0 Å². The average molecular weight is 245 g/mol. The molecule has 0 aliphatic carbocycles. The van der Waals surface area contributed by atoms with Gasteiger partial charge in [0.15, 0.2) is 23.3 Å². The Morgan fingerprint density at radius 1 is 1.00 bits per heavy atom. The smallest absolute Gasteiger partial charge is 0.199 e. The highest BCUT2D eigenvalue weighted by atomic mass is 19.2. The summed E-state index contributed by atoms with van der Waals surface area (Å²) in [5.74, 6) is -6.27. The number of hydrogen-bond donors (Lipinski definition) is 1. The van der Waals surface area contributed by atoms with Gasteiger partial charge in [-0.15, -0.1) is 0 Å². The summed E-state index contributed by atoms with van der Waals surface area (Å²) in [6, 6.07) is 1.33. The molecule has 1 aromatic heterocycles. The van der Waals surface area contributed by atoms with Crippen LogP contribution in [0.5, 0.6) is 0 Å². The van der Waals surface area contributed by atoms with Gasteiger partial charge in [0, 0.05) is 11.1 Å². The van der Waals surface area contributed by atoms with E-state index in [-0.39, 0.29) is 10.9 Å². The van der Waals surface area contributed by atoms with E-state index in [0.717, 1.165) is 12.8 Å². The molecule has 0 bridgehead atoms. The zero-order valence-corrected chi connectivity index (χ0v) is 9.21. The predicted octanol–water partition coefficient (Wildman–Crippen LogP) is 4.07. The second-order valence-electron chi connectivity index (χ2n) is 3.94. The summed E-state index contributed by atoms with van der Waals surface area (Å²) in [4.78, 5) is 2.59. The number of unbranched alkanes of at least 4 members (excludes halogenated alkanes) is 1. The first kappa shape index (κ1) is 12.0.